The van der Waals surface area contributed by atoms with E-state index in [1.807, 2.05) is 25.7 Å². The van der Waals surface area contributed by atoms with Crippen LogP contribution in [-0.2, 0) is 4.79 Å². The van der Waals surface area contributed by atoms with Gasteiger partial charge in [0.15, 0.2) is 12.2 Å². The molecule has 1 aromatic carbocycles. The number of hydrogen-bond donors (Lipinski definition) is 0. The molecule has 7 nitrogen and oxygen atoms in total. The molecule has 2 atom stereocenters. The average Bonchev–Trinajstić information content (AvgIpc) is 3.16. The summed E-state index contributed by atoms with van der Waals surface area (Å²) in [5.41, 5.74) is 5.50. The monoisotopic (exact) mass is 381 g/mol. The zero-order valence-corrected chi connectivity index (χ0v) is 17.4. The van der Waals surface area contributed by atoms with Crippen molar-refractivity contribution < 1.29 is 9.59 Å². The number of aliphatic imine (C=N–C) groups is 1. The Morgan fingerprint density at radius 1 is 1.04 bits per heavy atom. The number of hydrogen-bond acceptors (Lipinski definition) is 5. The van der Waals surface area contributed by atoms with Gasteiger partial charge in [-0.15, -0.1) is 0 Å². The van der Waals surface area contributed by atoms with Crippen molar-refractivity contribution in [3.8, 4) is 0 Å². The van der Waals surface area contributed by atoms with Crippen LogP contribution in [0, 0.1) is 13.8 Å². The van der Waals surface area contributed by atoms with E-state index in [1.165, 1.54) is 16.0 Å². The second-order valence-corrected chi connectivity index (χ2v) is 7.82. The summed E-state index contributed by atoms with van der Waals surface area (Å²) in [6.07, 6.45) is 0.235. The normalized spacial score (nSPS) is 24.3. The Morgan fingerprint density at radius 3 is 2.39 bits per heavy atom. The Hall–Kier alpha value is -2.83. The number of guanidine groups is 1. The third-order valence-corrected chi connectivity index (χ3v) is 6.09. The highest BCUT2D eigenvalue weighted by Gasteiger charge is 2.55. The van der Waals surface area contributed by atoms with E-state index < -0.39 is 12.2 Å². The van der Waals surface area contributed by atoms with Gasteiger partial charge >= 0.3 is 6.03 Å². The number of benzene rings is 1. The van der Waals surface area contributed by atoms with Gasteiger partial charge in [-0.05, 0) is 57.4 Å². The predicted octanol–water partition coefficient (Wildman–Crippen LogP) is 3.05. The Bertz CT molecular complexity index is 935. The summed E-state index contributed by atoms with van der Waals surface area (Å²) < 4.78 is 0. The number of allylic oxidation sites excluding steroid dienone is 2. The maximum atomic E-state index is 13.2. The first kappa shape index (κ1) is 18.5. The molecule has 4 rings (SSSR count). The molecule has 7 heteroatoms. The topological polar surface area (TPSA) is 59.5 Å². The van der Waals surface area contributed by atoms with Crippen molar-refractivity contribution >= 4 is 23.6 Å². The summed E-state index contributed by atoms with van der Waals surface area (Å²) in [5.74, 6) is 0.558. The SMILES string of the molecule is CCCN1C(=O)C2C(N=C3N(c4ccc(C)c(C)c4)C(C)=C(C)N32)N(C)C1=O. The van der Waals surface area contributed by atoms with Crippen LogP contribution in [0.25, 0.3) is 0 Å². The van der Waals surface area contributed by atoms with Gasteiger partial charge in [-0.2, -0.15) is 0 Å². The van der Waals surface area contributed by atoms with E-state index in [0.717, 1.165) is 29.5 Å². The number of anilines is 1. The number of amides is 3. The molecule has 0 spiro atoms. The zero-order valence-electron chi connectivity index (χ0n) is 17.4. The van der Waals surface area contributed by atoms with Crippen LogP contribution in [0.15, 0.2) is 34.6 Å². The lowest BCUT2D eigenvalue weighted by atomic mass is 10.1. The summed E-state index contributed by atoms with van der Waals surface area (Å²) in [6, 6.07) is 5.54. The van der Waals surface area contributed by atoms with Gasteiger partial charge in [0, 0.05) is 30.7 Å². The standard InChI is InChI=1S/C21H27N5O2/c1-7-10-24-19(27)17-18(23(6)21(24)28)22-20-25(14(4)15(5)26(17)20)16-9-8-12(2)13(3)11-16/h8-9,11,17-18H,7,10H2,1-6H3. The van der Waals surface area contributed by atoms with E-state index in [0.29, 0.717) is 6.54 Å². The number of carbonyl (C=O) groups is 2. The predicted molar refractivity (Wildman–Crippen MR) is 109 cm³/mol. The first-order valence-electron chi connectivity index (χ1n) is 9.78. The second kappa shape index (κ2) is 6.36. The maximum absolute atomic E-state index is 13.2. The number of imide groups is 1. The molecule has 1 aromatic rings. The molecule has 1 fully saturated rings. The molecule has 28 heavy (non-hydrogen) atoms. The van der Waals surface area contributed by atoms with Crippen LogP contribution in [0.2, 0.25) is 0 Å². The van der Waals surface area contributed by atoms with E-state index >= 15 is 0 Å². The van der Waals surface area contributed by atoms with Gasteiger partial charge in [0.1, 0.15) is 0 Å². The summed E-state index contributed by atoms with van der Waals surface area (Å²) in [4.78, 5) is 37.8. The molecule has 2 unspecified atom stereocenters. The molecule has 0 N–H and O–H groups in total. The molecule has 1 saturated heterocycles. The molecule has 3 amide bonds. The minimum absolute atomic E-state index is 0.164. The maximum Gasteiger partial charge on any atom is 0.328 e. The first-order valence-corrected chi connectivity index (χ1v) is 9.78. The summed E-state index contributed by atoms with van der Waals surface area (Å²) in [6.45, 7) is 10.6. The van der Waals surface area contributed by atoms with Crippen molar-refractivity contribution in [2.45, 2.75) is 53.2 Å². The van der Waals surface area contributed by atoms with Crippen LogP contribution >= 0.6 is 0 Å². The molecule has 3 heterocycles. The van der Waals surface area contributed by atoms with Gasteiger partial charge in [-0.25, -0.2) is 9.79 Å². The highest BCUT2D eigenvalue weighted by molar-refractivity contribution is 6.10. The van der Waals surface area contributed by atoms with Gasteiger partial charge in [0.2, 0.25) is 5.96 Å². The molecule has 0 aliphatic carbocycles. The van der Waals surface area contributed by atoms with E-state index in [2.05, 4.69) is 36.9 Å². The summed E-state index contributed by atoms with van der Waals surface area (Å²) in [5, 5.41) is 0. The number of likely N-dealkylation sites (N-methyl/N-ethyl adjacent to an activating group) is 1. The fourth-order valence-corrected chi connectivity index (χ4v) is 4.22. The van der Waals surface area contributed by atoms with Gasteiger partial charge < -0.3 is 4.90 Å². The van der Waals surface area contributed by atoms with Crippen molar-refractivity contribution in [3.63, 3.8) is 0 Å². The zero-order chi connectivity index (χ0) is 20.3. The second-order valence-electron chi connectivity index (χ2n) is 7.82. The van der Waals surface area contributed by atoms with E-state index in [9.17, 15) is 9.59 Å². The Kier molecular flexibility index (Phi) is 4.21. The Morgan fingerprint density at radius 2 is 1.75 bits per heavy atom. The van der Waals surface area contributed by atoms with E-state index in [-0.39, 0.29) is 11.9 Å². The molecule has 0 aromatic heterocycles. The lowest BCUT2D eigenvalue weighted by molar-refractivity contribution is -0.136. The third kappa shape index (κ3) is 2.38. The van der Waals surface area contributed by atoms with Crippen molar-refractivity contribution in [1.82, 2.24) is 14.7 Å². The Balaban J connectivity index is 1.78. The van der Waals surface area contributed by atoms with Crippen LogP contribution in [0.1, 0.15) is 38.3 Å². The lowest BCUT2D eigenvalue weighted by Crippen LogP contribution is -2.64. The number of urea groups is 1. The molecule has 0 bridgehead atoms. The van der Waals surface area contributed by atoms with E-state index in [4.69, 9.17) is 4.99 Å². The Labute approximate surface area is 165 Å². The number of fused-ring (bicyclic) bond motifs is 3. The van der Waals surface area contributed by atoms with Crippen LogP contribution in [0.3, 0.4) is 0 Å². The number of aryl methyl sites for hydroxylation is 2. The largest absolute Gasteiger partial charge is 0.328 e. The quantitative estimate of drug-likeness (QED) is 0.807. The molecular formula is C21H27N5O2. The van der Waals surface area contributed by atoms with Gasteiger partial charge in [0.05, 0.1) is 0 Å². The molecular weight excluding hydrogens is 354 g/mol. The summed E-state index contributed by atoms with van der Waals surface area (Å²) >= 11 is 0. The molecule has 0 radical (unpaired) electrons. The van der Waals surface area contributed by atoms with Crippen molar-refractivity contribution in [3.05, 3.63) is 40.7 Å². The number of carbonyl (C=O) groups excluding carboxylic acids is 2. The van der Waals surface area contributed by atoms with Crippen molar-refractivity contribution in [2.75, 3.05) is 18.5 Å². The highest BCUT2D eigenvalue weighted by atomic mass is 16.2. The van der Waals surface area contributed by atoms with Gasteiger partial charge in [-0.3, -0.25) is 19.5 Å². The fourth-order valence-electron chi connectivity index (χ4n) is 4.22. The lowest BCUT2D eigenvalue weighted by Gasteiger charge is -2.40. The minimum atomic E-state index is -0.504. The van der Waals surface area contributed by atoms with E-state index in [1.54, 1.807) is 11.9 Å². The molecule has 148 valence electrons. The van der Waals surface area contributed by atoms with Crippen molar-refractivity contribution in [2.24, 2.45) is 4.99 Å². The van der Waals surface area contributed by atoms with Gasteiger partial charge in [-0.1, -0.05) is 13.0 Å². The smallest absolute Gasteiger partial charge is 0.302 e. The number of rotatable bonds is 3. The summed E-state index contributed by atoms with van der Waals surface area (Å²) in [7, 11) is 1.73. The number of nitrogens with zero attached hydrogens (tertiary/aromatic N) is 5. The minimum Gasteiger partial charge on any atom is -0.302 e. The highest BCUT2D eigenvalue weighted by Crippen LogP contribution is 2.40. The molecule has 3 aliphatic heterocycles. The van der Waals surface area contributed by atoms with Crippen molar-refractivity contribution in [1.29, 1.82) is 0 Å². The van der Waals surface area contributed by atoms with Crippen LogP contribution in [-0.4, -0.2) is 58.4 Å². The molecule has 3 aliphatic rings. The van der Waals surface area contributed by atoms with Crippen LogP contribution in [0.4, 0.5) is 10.5 Å². The fraction of sp³-hybridized carbons (Fsp3) is 0.476. The average molecular weight is 381 g/mol. The van der Waals surface area contributed by atoms with Crippen LogP contribution in [0.5, 0.6) is 0 Å². The van der Waals surface area contributed by atoms with Gasteiger partial charge in [0.25, 0.3) is 5.91 Å². The third-order valence-electron chi connectivity index (χ3n) is 6.09. The first-order chi connectivity index (χ1) is 13.3. The molecule has 0 saturated carbocycles. The van der Waals surface area contributed by atoms with Crippen LogP contribution < -0.4 is 4.90 Å².